The minimum absolute atomic E-state index is 0.00439. The van der Waals surface area contributed by atoms with Crippen LogP contribution in [-0.4, -0.2) is 20.4 Å². The Kier molecular flexibility index (Phi) is 12.7. The number of phenolic OH excluding ortho intramolecular Hbond substituents is 4. The van der Waals surface area contributed by atoms with E-state index in [0.717, 1.165) is 11.1 Å². The van der Waals surface area contributed by atoms with Crippen molar-refractivity contribution in [1.82, 2.24) is 0 Å². The Bertz CT molecular complexity index is 1660. The molecule has 0 atom stereocenters. The van der Waals surface area contributed by atoms with Gasteiger partial charge in [0.1, 0.15) is 21.5 Å². The minimum atomic E-state index is -1.16. The molecule has 0 radical (unpaired) electrons. The van der Waals surface area contributed by atoms with Crippen LogP contribution in [0.3, 0.4) is 0 Å². The molecule has 4 rings (SSSR count). The molecule has 0 aromatic heterocycles. The van der Waals surface area contributed by atoms with Gasteiger partial charge in [-0.2, -0.15) is 0 Å². The lowest BCUT2D eigenvalue weighted by Crippen LogP contribution is -2.32. The van der Waals surface area contributed by atoms with Crippen LogP contribution in [-0.2, 0) is 10.8 Å². The zero-order valence-electron chi connectivity index (χ0n) is 23.0. The van der Waals surface area contributed by atoms with Gasteiger partial charge in [0.2, 0.25) is 0 Å². The van der Waals surface area contributed by atoms with E-state index in [9.17, 15) is 20.4 Å². The van der Waals surface area contributed by atoms with Gasteiger partial charge in [-0.25, -0.2) is 0 Å². The van der Waals surface area contributed by atoms with Gasteiger partial charge in [0.15, 0.2) is 11.5 Å². The Labute approximate surface area is 345 Å². The quantitative estimate of drug-likeness (QED) is 0.139. The van der Waals surface area contributed by atoms with Gasteiger partial charge in [0, 0.05) is 19.8 Å². The molecule has 0 saturated carbocycles. The number of rotatable bonds is 7. The molecule has 4 N–H and O–H groups in total. The van der Waals surface area contributed by atoms with E-state index in [1.807, 2.05) is 13.8 Å². The van der Waals surface area contributed by atoms with Crippen LogP contribution in [0.2, 0.25) is 30.1 Å². The fraction of sp³-hybridized carbons (Fsp3) is 0.200. The van der Waals surface area contributed by atoms with Crippen LogP contribution < -0.4 is 0 Å². The molecule has 0 fully saturated rings. The summed E-state index contributed by atoms with van der Waals surface area (Å²) in [6, 6.07) is 6.60. The summed E-state index contributed by atoms with van der Waals surface area (Å²) in [5.41, 5.74) is 0.235. The lowest BCUT2D eigenvalue weighted by molar-refractivity contribution is 0.407. The third-order valence-electron chi connectivity index (χ3n) is 8.04. The normalized spacial score (nSPS) is 12.2. The Morgan fingerprint density at radius 2 is 0.761 bits per heavy atom. The lowest BCUT2D eigenvalue weighted by atomic mass is 9.66. The molecule has 0 aliphatic heterocycles. The summed E-state index contributed by atoms with van der Waals surface area (Å²) >= 11 is 60.7. The smallest absolute Gasteiger partial charge is 0.154 e. The van der Waals surface area contributed by atoms with Crippen LogP contribution in [0.4, 0.5) is 0 Å². The molecule has 16 heteroatoms. The Morgan fingerprint density at radius 3 is 1.09 bits per heavy atom. The average molecular weight is 1130 g/mol. The van der Waals surface area contributed by atoms with Crippen molar-refractivity contribution in [2.45, 2.75) is 37.5 Å². The molecule has 0 aliphatic carbocycles. The minimum Gasteiger partial charge on any atom is -0.506 e. The van der Waals surface area contributed by atoms with Crippen LogP contribution >= 0.6 is 165 Å². The average Bonchev–Trinajstić information content (AvgIpc) is 3.02. The molecule has 0 heterocycles. The van der Waals surface area contributed by atoms with Crippen molar-refractivity contribution >= 4 is 165 Å². The monoisotopic (exact) mass is 1130 g/mol. The molecule has 4 aromatic rings. The van der Waals surface area contributed by atoms with Crippen molar-refractivity contribution in [3.63, 3.8) is 0 Å². The van der Waals surface area contributed by atoms with Gasteiger partial charge in [0.05, 0.1) is 38.0 Å². The van der Waals surface area contributed by atoms with Crippen molar-refractivity contribution in [2.24, 2.45) is 0 Å². The van der Waals surface area contributed by atoms with Crippen molar-refractivity contribution in [3.05, 3.63) is 103 Å². The van der Waals surface area contributed by atoms with Crippen molar-refractivity contribution < 1.29 is 20.4 Å². The first kappa shape index (κ1) is 39.5. The second-order valence-electron chi connectivity index (χ2n) is 10.7. The molecule has 0 aliphatic rings. The van der Waals surface area contributed by atoms with Crippen LogP contribution in [0, 0.1) is 0 Å². The van der Waals surface area contributed by atoms with Crippen molar-refractivity contribution in [1.29, 1.82) is 0 Å². The van der Waals surface area contributed by atoms with Crippen molar-refractivity contribution in [2.75, 3.05) is 0 Å². The fourth-order valence-electron chi connectivity index (χ4n) is 5.28. The number of benzene rings is 4. The lowest BCUT2D eigenvalue weighted by Gasteiger charge is -2.40. The van der Waals surface area contributed by atoms with Crippen molar-refractivity contribution in [3.8, 4) is 23.0 Å². The third kappa shape index (κ3) is 6.84. The summed E-state index contributed by atoms with van der Waals surface area (Å²) in [7, 11) is 0. The second kappa shape index (κ2) is 14.7. The van der Waals surface area contributed by atoms with Gasteiger partial charge in [-0.15, -0.1) is 0 Å². The standard InChI is InChI=1S/C30H18Br6Cl6O4/c1-29(9-5-13(31)25(43)19(35)17(9)33,10-6-14(32)26(44)20(36)18(10)34)3-4-30(2,11-7-15(37)27(45)23(41)21(11)39)12-8-16(38)28(46)24(42)22(12)40/h5-8,43-46H,3-4H2,1-2H3. The Balaban J connectivity index is 2.10. The highest BCUT2D eigenvalue weighted by Crippen LogP contribution is 2.56. The topological polar surface area (TPSA) is 80.9 Å². The summed E-state index contributed by atoms with van der Waals surface area (Å²) in [5.74, 6) is -0.782. The highest BCUT2D eigenvalue weighted by atomic mass is 79.9. The maximum atomic E-state index is 10.7. The number of halogens is 12. The summed E-state index contributed by atoms with van der Waals surface area (Å²) in [5, 5.41) is 42.0. The molecule has 46 heavy (non-hydrogen) atoms. The summed E-state index contributed by atoms with van der Waals surface area (Å²) in [6.45, 7) is 3.84. The van der Waals surface area contributed by atoms with Gasteiger partial charge < -0.3 is 20.4 Å². The van der Waals surface area contributed by atoms with E-state index in [2.05, 4.69) is 95.6 Å². The molecular formula is C30H18Br6Cl6O4. The molecule has 246 valence electrons. The summed E-state index contributed by atoms with van der Waals surface area (Å²) in [4.78, 5) is 0. The maximum absolute atomic E-state index is 10.7. The maximum Gasteiger partial charge on any atom is 0.154 e. The highest BCUT2D eigenvalue weighted by molar-refractivity contribution is 9.13. The fourth-order valence-corrected chi connectivity index (χ4v) is 10.6. The first-order valence-electron chi connectivity index (χ1n) is 12.7. The van der Waals surface area contributed by atoms with Gasteiger partial charge in [-0.05, 0) is 155 Å². The molecule has 0 saturated heterocycles. The molecule has 0 spiro atoms. The number of phenols is 4. The molecular weight excluding hydrogens is 1120 g/mol. The predicted octanol–water partition coefficient (Wildman–Crippen LogP) is 15.1. The predicted molar refractivity (Wildman–Crippen MR) is 211 cm³/mol. The SMILES string of the molecule is CC(CCC(C)(c1cc(Br)c(O)c(Br)c1Br)c1cc(Br)c(O)c(Br)c1Br)(c1cc(Cl)c(O)c(Cl)c1Cl)c1cc(Cl)c(O)c(Cl)c1Cl. The second-order valence-corrected chi connectivity index (χ2v) is 17.9. The van der Waals surface area contributed by atoms with Crippen LogP contribution in [0.1, 0.15) is 48.9 Å². The molecule has 0 unspecified atom stereocenters. The first-order chi connectivity index (χ1) is 21.2. The molecule has 4 nitrogen and oxygen atoms in total. The summed E-state index contributed by atoms with van der Waals surface area (Å²) < 4.78 is 2.84. The van der Waals surface area contributed by atoms with Crippen LogP contribution in [0.5, 0.6) is 23.0 Å². The number of aromatic hydroxyl groups is 4. The zero-order valence-corrected chi connectivity index (χ0v) is 37.1. The van der Waals surface area contributed by atoms with Crippen LogP contribution in [0.25, 0.3) is 0 Å². The van der Waals surface area contributed by atoms with Gasteiger partial charge in [-0.1, -0.05) is 83.5 Å². The Morgan fingerprint density at radius 1 is 0.457 bits per heavy atom. The highest BCUT2D eigenvalue weighted by Gasteiger charge is 2.42. The first-order valence-corrected chi connectivity index (χ1v) is 19.7. The Hall–Kier alpha value is 0.700. The molecule has 0 amide bonds. The third-order valence-corrected chi connectivity index (χ3v) is 15.8. The van der Waals surface area contributed by atoms with E-state index < -0.39 is 10.8 Å². The van der Waals surface area contributed by atoms with E-state index in [1.165, 1.54) is 12.1 Å². The zero-order chi connectivity index (χ0) is 34.8. The van der Waals surface area contributed by atoms with E-state index in [1.54, 1.807) is 12.1 Å². The van der Waals surface area contributed by atoms with Crippen LogP contribution in [0.15, 0.2) is 51.1 Å². The molecule has 4 aromatic carbocycles. The largest absolute Gasteiger partial charge is 0.506 e. The van der Waals surface area contributed by atoms with Gasteiger partial charge in [0.25, 0.3) is 0 Å². The van der Waals surface area contributed by atoms with Gasteiger partial charge in [-0.3, -0.25) is 0 Å². The van der Waals surface area contributed by atoms with E-state index in [4.69, 9.17) is 69.6 Å². The number of hydrogen-bond donors (Lipinski definition) is 4. The van der Waals surface area contributed by atoms with E-state index >= 15 is 0 Å². The summed E-state index contributed by atoms with van der Waals surface area (Å²) in [6.07, 6.45) is 0.579. The number of hydrogen-bond acceptors (Lipinski definition) is 4. The van der Waals surface area contributed by atoms with E-state index in [-0.39, 0.29) is 59.6 Å². The molecule has 0 bridgehead atoms. The van der Waals surface area contributed by atoms with E-state index in [0.29, 0.717) is 44.4 Å². The van der Waals surface area contributed by atoms with Gasteiger partial charge >= 0.3 is 0 Å².